The van der Waals surface area contributed by atoms with Gasteiger partial charge in [-0.2, -0.15) is 0 Å². The Kier molecular flexibility index (Phi) is 6.44. The van der Waals surface area contributed by atoms with Gasteiger partial charge in [0.05, 0.1) is 0 Å². The van der Waals surface area contributed by atoms with Crippen LogP contribution < -0.4 is 10.6 Å². The zero-order valence-electron chi connectivity index (χ0n) is 14.4. The summed E-state index contributed by atoms with van der Waals surface area (Å²) in [5.41, 5.74) is 1.89. The number of guanidine groups is 1. The summed E-state index contributed by atoms with van der Waals surface area (Å²) in [5.74, 6) is 0.913. The molecule has 0 bridgehead atoms. The van der Waals surface area contributed by atoms with Crippen molar-refractivity contribution in [3.05, 3.63) is 35.4 Å². The number of carbonyl (C=O) groups is 1. The van der Waals surface area contributed by atoms with Crippen molar-refractivity contribution in [2.75, 3.05) is 27.7 Å². The molecule has 1 aromatic carbocycles. The van der Waals surface area contributed by atoms with Gasteiger partial charge in [-0.15, -0.1) is 0 Å². The van der Waals surface area contributed by atoms with E-state index in [4.69, 9.17) is 0 Å². The number of hydrogen-bond acceptors (Lipinski definition) is 2. The Morgan fingerprint density at radius 2 is 2.04 bits per heavy atom. The van der Waals surface area contributed by atoms with Gasteiger partial charge in [0.2, 0.25) is 0 Å². The van der Waals surface area contributed by atoms with Gasteiger partial charge in [0.25, 0.3) is 5.91 Å². The Bertz CT molecular complexity index is 548. The van der Waals surface area contributed by atoms with E-state index in [0.717, 1.165) is 30.1 Å². The molecule has 1 fully saturated rings. The van der Waals surface area contributed by atoms with Crippen LogP contribution in [0.25, 0.3) is 0 Å². The molecule has 0 radical (unpaired) electrons. The van der Waals surface area contributed by atoms with Gasteiger partial charge >= 0.3 is 0 Å². The van der Waals surface area contributed by atoms with Crippen molar-refractivity contribution < 1.29 is 4.79 Å². The first kappa shape index (κ1) is 17.3. The lowest BCUT2D eigenvalue weighted by Gasteiger charge is -2.17. The highest BCUT2D eigenvalue weighted by Gasteiger charge is 2.15. The van der Waals surface area contributed by atoms with Crippen molar-refractivity contribution in [2.45, 2.75) is 38.1 Å². The van der Waals surface area contributed by atoms with E-state index in [1.807, 2.05) is 18.2 Å². The maximum Gasteiger partial charge on any atom is 0.253 e. The van der Waals surface area contributed by atoms with Gasteiger partial charge in [0.1, 0.15) is 0 Å². The number of carbonyl (C=O) groups excluding carboxylic acids is 1. The first-order chi connectivity index (χ1) is 11.1. The molecule has 1 saturated carbocycles. The third kappa shape index (κ3) is 5.27. The summed E-state index contributed by atoms with van der Waals surface area (Å²) < 4.78 is 0. The molecule has 0 aromatic heterocycles. The van der Waals surface area contributed by atoms with Gasteiger partial charge in [-0.25, -0.2) is 0 Å². The molecule has 5 nitrogen and oxygen atoms in total. The summed E-state index contributed by atoms with van der Waals surface area (Å²) in [6.07, 6.45) is 5.94. The standard InChI is InChI=1S/C18H28N4O/c1-19-18(21-16-9-4-5-10-16)20-12-11-14-7-6-8-15(13-14)17(23)22(2)3/h6-8,13,16H,4-5,9-12H2,1-3H3,(H2,19,20,21). The van der Waals surface area contributed by atoms with Gasteiger partial charge in [-0.05, 0) is 37.0 Å². The molecule has 0 unspecified atom stereocenters. The minimum absolute atomic E-state index is 0.0403. The number of benzene rings is 1. The van der Waals surface area contributed by atoms with Gasteiger partial charge in [0, 0.05) is 39.3 Å². The fraction of sp³-hybridized carbons (Fsp3) is 0.556. The molecular weight excluding hydrogens is 288 g/mol. The van der Waals surface area contributed by atoms with E-state index >= 15 is 0 Å². The maximum atomic E-state index is 12.0. The van der Waals surface area contributed by atoms with Crippen LogP contribution >= 0.6 is 0 Å². The second-order valence-corrected chi connectivity index (χ2v) is 6.27. The zero-order chi connectivity index (χ0) is 16.7. The Morgan fingerprint density at radius 1 is 1.30 bits per heavy atom. The second-order valence-electron chi connectivity index (χ2n) is 6.27. The fourth-order valence-electron chi connectivity index (χ4n) is 2.90. The monoisotopic (exact) mass is 316 g/mol. The largest absolute Gasteiger partial charge is 0.356 e. The van der Waals surface area contributed by atoms with Crippen LogP contribution in [0.15, 0.2) is 29.3 Å². The Morgan fingerprint density at radius 3 is 2.70 bits per heavy atom. The third-order valence-corrected chi connectivity index (χ3v) is 4.21. The van der Waals surface area contributed by atoms with Crippen molar-refractivity contribution >= 4 is 11.9 Å². The van der Waals surface area contributed by atoms with E-state index in [1.54, 1.807) is 26.0 Å². The molecule has 1 aliphatic rings. The average Bonchev–Trinajstić information content (AvgIpc) is 3.06. The highest BCUT2D eigenvalue weighted by Crippen LogP contribution is 2.17. The summed E-state index contributed by atoms with van der Waals surface area (Å²) in [6, 6.07) is 8.39. The molecule has 0 spiro atoms. The molecule has 126 valence electrons. The summed E-state index contributed by atoms with van der Waals surface area (Å²) in [5, 5.41) is 6.83. The summed E-state index contributed by atoms with van der Waals surface area (Å²) in [6.45, 7) is 0.798. The molecule has 2 rings (SSSR count). The molecule has 0 aliphatic heterocycles. The van der Waals surface area contributed by atoms with E-state index < -0.39 is 0 Å². The van der Waals surface area contributed by atoms with Crippen LogP contribution in [0.1, 0.15) is 41.6 Å². The number of rotatable bonds is 5. The fourth-order valence-corrected chi connectivity index (χ4v) is 2.90. The molecule has 0 heterocycles. The number of aliphatic imine (C=N–C) groups is 1. The van der Waals surface area contributed by atoms with Crippen LogP contribution in [0.4, 0.5) is 0 Å². The predicted molar refractivity (Wildman–Crippen MR) is 94.9 cm³/mol. The first-order valence-electron chi connectivity index (χ1n) is 8.38. The van der Waals surface area contributed by atoms with Crippen molar-refractivity contribution in [3.8, 4) is 0 Å². The van der Waals surface area contributed by atoms with E-state index in [1.165, 1.54) is 25.7 Å². The minimum atomic E-state index is 0.0403. The summed E-state index contributed by atoms with van der Waals surface area (Å²) >= 11 is 0. The van der Waals surface area contributed by atoms with Crippen molar-refractivity contribution in [3.63, 3.8) is 0 Å². The molecule has 2 N–H and O–H groups in total. The molecule has 5 heteroatoms. The summed E-state index contributed by atoms with van der Waals surface area (Å²) in [7, 11) is 5.35. The lowest BCUT2D eigenvalue weighted by atomic mass is 10.1. The quantitative estimate of drug-likeness (QED) is 0.645. The minimum Gasteiger partial charge on any atom is -0.356 e. The van der Waals surface area contributed by atoms with Crippen LogP contribution in [0.2, 0.25) is 0 Å². The first-order valence-corrected chi connectivity index (χ1v) is 8.38. The van der Waals surface area contributed by atoms with Crippen LogP contribution in [-0.4, -0.2) is 50.5 Å². The van der Waals surface area contributed by atoms with Crippen LogP contribution in [0.3, 0.4) is 0 Å². The topological polar surface area (TPSA) is 56.7 Å². The molecular formula is C18H28N4O. The van der Waals surface area contributed by atoms with Crippen molar-refractivity contribution in [2.24, 2.45) is 4.99 Å². The highest BCUT2D eigenvalue weighted by molar-refractivity contribution is 5.94. The Balaban J connectivity index is 1.83. The molecule has 1 aliphatic carbocycles. The predicted octanol–water partition coefficient (Wildman–Crippen LogP) is 2.04. The lowest BCUT2D eigenvalue weighted by Crippen LogP contribution is -2.43. The number of nitrogens with zero attached hydrogens (tertiary/aromatic N) is 2. The normalized spacial score (nSPS) is 15.5. The second kappa shape index (κ2) is 8.56. The molecule has 0 saturated heterocycles. The average molecular weight is 316 g/mol. The molecule has 1 amide bonds. The van der Waals surface area contributed by atoms with Crippen molar-refractivity contribution in [1.82, 2.24) is 15.5 Å². The Hall–Kier alpha value is -2.04. The highest BCUT2D eigenvalue weighted by atomic mass is 16.2. The maximum absolute atomic E-state index is 12.0. The molecule has 1 aromatic rings. The van der Waals surface area contributed by atoms with Gasteiger partial charge in [0.15, 0.2) is 5.96 Å². The van der Waals surface area contributed by atoms with E-state index in [0.29, 0.717) is 6.04 Å². The van der Waals surface area contributed by atoms with Crippen LogP contribution in [0, 0.1) is 0 Å². The smallest absolute Gasteiger partial charge is 0.253 e. The number of hydrogen-bond donors (Lipinski definition) is 2. The van der Waals surface area contributed by atoms with Gasteiger partial charge < -0.3 is 15.5 Å². The number of amides is 1. The van der Waals surface area contributed by atoms with Crippen molar-refractivity contribution in [1.29, 1.82) is 0 Å². The van der Waals surface area contributed by atoms with E-state index in [-0.39, 0.29) is 5.91 Å². The van der Waals surface area contributed by atoms with Gasteiger partial charge in [-0.1, -0.05) is 25.0 Å². The summed E-state index contributed by atoms with van der Waals surface area (Å²) in [4.78, 5) is 17.9. The van der Waals surface area contributed by atoms with E-state index in [2.05, 4.69) is 21.7 Å². The lowest BCUT2D eigenvalue weighted by molar-refractivity contribution is 0.0827. The van der Waals surface area contributed by atoms with Crippen LogP contribution in [0.5, 0.6) is 0 Å². The van der Waals surface area contributed by atoms with Gasteiger partial charge in [-0.3, -0.25) is 9.79 Å². The SMILES string of the molecule is CN=C(NCCc1cccc(C(=O)N(C)C)c1)NC1CCCC1. The zero-order valence-corrected chi connectivity index (χ0v) is 14.4. The van der Waals surface area contributed by atoms with Crippen LogP contribution in [-0.2, 0) is 6.42 Å². The Labute approximate surface area is 139 Å². The molecule has 23 heavy (non-hydrogen) atoms. The van der Waals surface area contributed by atoms with E-state index in [9.17, 15) is 4.79 Å². The number of nitrogens with one attached hydrogen (secondary N) is 2. The third-order valence-electron chi connectivity index (χ3n) is 4.21. The molecule has 0 atom stereocenters.